The highest BCUT2D eigenvalue weighted by Crippen LogP contribution is 2.27. The van der Waals surface area contributed by atoms with Crippen LogP contribution in [0.3, 0.4) is 0 Å². The molecule has 1 N–H and O–H groups in total. The number of anilines is 1. The Morgan fingerprint density at radius 2 is 1.54 bits per heavy atom. The fourth-order valence-corrected chi connectivity index (χ4v) is 5.98. The Labute approximate surface area is 244 Å². The van der Waals surface area contributed by atoms with Crippen molar-refractivity contribution in [2.75, 3.05) is 17.4 Å². The predicted molar refractivity (Wildman–Crippen MR) is 157 cm³/mol. The van der Waals surface area contributed by atoms with Gasteiger partial charge in [0.25, 0.3) is 10.0 Å². The van der Waals surface area contributed by atoms with Gasteiger partial charge in [0, 0.05) is 28.2 Å². The van der Waals surface area contributed by atoms with E-state index >= 15 is 0 Å². The minimum absolute atomic E-state index is 0.0174. The summed E-state index contributed by atoms with van der Waals surface area (Å²) in [7, 11) is -4.17. The molecule has 0 unspecified atom stereocenters. The summed E-state index contributed by atoms with van der Waals surface area (Å²) >= 11 is 18.4. The zero-order valence-electron chi connectivity index (χ0n) is 21.6. The number of amides is 2. The topological polar surface area (TPSA) is 86.8 Å². The van der Waals surface area contributed by atoms with Gasteiger partial charge in [0.1, 0.15) is 12.6 Å². The number of sulfonamides is 1. The molecule has 0 fully saturated rings. The van der Waals surface area contributed by atoms with E-state index in [0.717, 1.165) is 10.7 Å². The van der Waals surface area contributed by atoms with E-state index in [0.29, 0.717) is 39.3 Å². The van der Waals surface area contributed by atoms with Crippen molar-refractivity contribution in [1.29, 1.82) is 0 Å². The second-order valence-corrected chi connectivity index (χ2v) is 11.9. The van der Waals surface area contributed by atoms with Crippen LogP contribution in [0, 0.1) is 0 Å². The van der Waals surface area contributed by atoms with Crippen LogP contribution in [0.15, 0.2) is 77.7 Å². The van der Waals surface area contributed by atoms with Crippen LogP contribution in [0.5, 0.6) is 0 Å². The Kier molecular flexibility index (Phi) is 11.1. The molecule has 0 aliphatic rings. The molecule has 0 aliphatic heterocycles. The maximum Gasteiger partial charge on any atom is 0.264 e. The molecule has 0 spiro atoms. The summed E-state index contributed by atoms with van der Waals surface area (Å²) in [5.41, 5.74) is 0.872. The summed E-state index contributed by atoms with van der Waals surface area (Å²) in [5, 5.41) is 3.98. The predicted octanol–water partition coefficient (Wildman–Crippen LogP) is 6.18. The minimum atomic E-state index is -4.17. The lowest BCUT2D eigenvalue weighted by Crippen LogP contribution is -2.52. The van der Waals surface area contributed by atoms with E-state index in [1.165, 1.54) is 29.2 Å². The van der Waals surface area contributed by atoms with E-state index in [1.807, 2.05) is 6.92 Å². The van der Waals surface area contributed by atoms with E-state index < -0.39 is 28.5 Å². The molecule has 208 valence electrons. The highest BCUT2D eigenvalue weighted by molar-refractivity contribution is 7.92. The Bertz CT molecular complexity index is 1390. The molecule has 0 bridgehead atoms. The van der Waals surface area contributed by atoms with E-state index in [2.05, 4.69) is 5.32 Å². The van der Waals surface area contributed by atoms with E-state index in [1.54, 1.807) is 55.5 Å². The van der Waals surface area contributed by atoms with Crippen molar-refractivity contribution in [3.05, 3.63) is 93.4 Å². The van der Waals surface area contributed by atoms with Crippen molar-refractivity contribution < 1.29 is 18.0 Å². The first-order valence-corrected chi connectivity index (χ1v) is 15.0. The molecule has 3 aromatic carbocycles. The number of carbonyl (C=O) groups is 2. The zero-order valence-corrected chi connectivity index (χ0v) is 24.7. The van der Waals surface area contributed by atoms with E-state index in [9.17, 15) is 18.0 Å². The van der Waals surface area contributed by atoms with Gasteiger partial charge in [0.15, 0.2) is 0 Å². The van der Waals surface area contributed by atoms with Crippen LogP contribution in [0.4, 0.5) is 5.69 Å². The standard InChI is InChI=1S/C28H30Cl3N3O4S/c1-3-16-32-28(36)26(4-2)33(18-20-10-11-22(30)17-25(20)31)27(35)19-34(23-8-6-5-7-9-23)39(37,38)24-14-12-21(29)13-15-24/h5-15,17,26H,3-4,16,18-19H2,1-2H3,(H,32,36)/t26-/m0/s1. The average molecular weight is 611 g/mol. The van der Waals surface area contributed by atoms with Crippen LogP contribution in [-0.2, 0) is 26.2 Å². The van der Waals surface area contributed by atoms with Gasteiger partial charge in [-0.1, -0.05) is 72.9 Å². The van der Waals surface area contributed by atoms with Gasteiger partial charge in [-0.25, -0.2) is 8.42 Å². The highest BCUT2D eigenvalue weighted by atomic mass is 35.5. The van der Waals surface area contributed by atoms with Crippen molar-refractivity contribution in [3.63, 3.8) is 0 Å². The van der Waals surface area contributed by atoms with Gasteiger partial charge >= 0.3 is 0 Å². The number of hydrogen-bond acceptors (Lipinski definition) is 4. The Morgan fingerprint density at radius 1 is 0.897 bits per heavy atom. The Balaban J connectivity index is 2.04. The molecule has 0 heterocycles. The second kappa shape index (κ2) is 14.0. The summed E-state index contributed by atoms with van der Waals surface area (Å²) in [6, 6.07) is 18.1. The van der Waals surface area contributed by atoms with Crippen molar-refractivity contribution >= 4 is 62.3 Å². The number of hydrogen-bond donors (Lipinski definition) is 1. The molecule has 1 atom stereocenters. The Morgan fingerprint density at radius 3 is 2.13 bits per heavy atom. The van der Waals surface area contributed by atoms with Crippen molar-refractivity contribution in [3.8, 4) is 0 Å². The molecule has 0 aliphatic carbocycles. The molecular formula is C28H30Cl3N3O4S. The third kappa shape index (κ3) is 7.88. The average Bonchev–Trinajstić information content (AvgIpc) is 2.92. The number of nitrogens with zero attached hydrogens (tertiary/aromatic N) is 2. The smallest absolute Gasteiger partial charge is 0.264 e. The second-order valence-electron chi connectivity index (χ2n) is 8.77. The molecule has 2 amide bonds. The molecule has 0 saturated carbocycles. The highest BCUT2D eigenvalue weighted by Gasteiger charge is 2.33. The number of carbonyl (C=O) groups excluding carboxylic acids is 2. The molecule has 0 aromatic heterocycles. The van der Waals surface area contributed by atoms with Crippen LogP contribution in [-0.4, -0.2) is 44.3 Å². The monoisotopic (exact) mass is 609 g/mol. The summed E-state index contributed by atoms with van der Waals surface area (Å²) in [6.45, 7) is 3.60. The van der Waals surface area contributed by atoms with Crippen LogP contribution >= 0.6 is 34.8 Å². The summed E-state index contributed by atoms with van der Waals surface area (Å²) in [5.74, 6) is -0.898. The molecule has 0 saturated heterocycles. The first-order valence-electron chi connectivity index (χ1n) is 12.4. The zero-order chi connectivity index (χ0) is 28.6. The van der Waals surface area contributed by atoms with E-state index in [-0.39, 0.29) is 17.3 Å². The van der Waals surface area contributed by atoms with Crippen molar-refractivity contribution in [2.24, 2.45) is 0 Å². The quantitative estimate of drug-likeness (QED) is 0.266. The number of benzene rings is 3. The maximum absolute atomic E-state index is 14.0. The summed E-state index contributed by atoms with van der Waals surface area (Å²) in [6.07, 6.45) is 1.03. The van der Waals surface area contributed by atoms with Gasteiger partial charge in [-0.05, 0) is 66.9 Å². The van der Waals surface area contributed by atoms with Gasteiger partial charge in [-0.15, -0.1) is 0 Å². The van der Waals surface area contributed by atoms with Crippen LogP contribution in [0.2, 0.25) is 15.1 Å². The molecule has 39 heavy (non-hydrogen) atoms. The van der Waals surface area contributed by atoms with E-state index in [4.69, 9.17) is 34.8 Å². The fourth-order valence-electron chi connectivity index (χ4n) is 3.98. The molecule has 7 nitrogen and oxygen atoms in total. The molecule has 3 rings (SSSR count). The van der Waals surface area contributed by atoms with Crippen LogP contribution in [0.1, 0.15) is 32.3 Å². The number of rotatable bonds is 12. The lowest BCUT2D eigenvalue weighted by Gasteiger charge is -2.33. The van der Waals surface area contributed by atoms with Crippen LogP contribution in [0.25, 0.3) is 0 Å². The maximum atomic E-state index is 14.0. The SMILES string of the molecule is CCCNC(=O)[C@H](CC)N(Cc1ccc(Cl)cc1Cl)C(=O)CN(c1ccccc1)S(=O)(=O)c1ccc(Cl)cc1. The fraction of sp³-hybridized carbons (Fsp3) is 0.286. The van der Waals surface area contributed by atoms with Gasteiger partial charge in [0.2, 0.25) is 11.8 Å². The third-order valence-electron chi connectivity index (χ3n) is 6.02. The van der Waals surface area contributed by atoms with Gasteiger partial charge in [0.05, 0.1) is 10.6 Å². The Hall–Kier alpha value is -2.78. The normalized spacial score (nSPS) is 12.0. The van der Waals surface area contributed by atoms with Gasteiger partial charge in [-0.3, -0.25) is 13.9 Å². The summed E-state index contributed by atoms with van der Waals surface area (Å²) < 4.78 is 28.6. The minimum Gasteiger partial charge on any atom is -0.354 e. The largest absolute Gasteiger partial charge is 0.354 e. The lowest BCUT2D eigenvalue weighted by atomic mass is 10.1. The molecule has 11 heteroatoms. The van der Waals surface area contributed by atoms with Crippen molar-refractivity contribution in [2.45, 2.75) is 44.2 Å². The van der Waals surface area contributed by atoms with Crippen LogP contribution < -0.4 is 9.62 Å². The summed E-state index contributed by atoms with van der Waals surface area (Å²) in [4.78, 5) is 28.4. The molecule has 3 aromatic rings. The number of halogens is 3. The third-order valence-corrected chi connectivity index (χ3v) is 8.64. The van der Waals surface area contributed by atoms with Gasteiger partial charge < -0.3 is 10.2 Å². The lowest BCUT2D eigenvalue weighted by molar-refractivity contribution is -0.140. The molecular weight excluding hydrogens is 581 g/mol. The van der Waals surface area contributed by atoms with Gasteiger partial charge in [-0.2, -0.15) is 0 Å². The first kappa shape index (κ1) is 30.8. The molecule has 0 radical (unpaired) electrons. The number of nitrogens with one attached hydrogen (secondary N) is 1. The van der Waals surface area contributed by atoms with Crippen molar-refractivity contribution in [1.82, 2.24) is 10.2 Å². The number of para-hydroxylation sites is 1. The first-order chi connectivity index (χ1) is 18.6.